The van der Waals surface area contributed by atoms with Crippen molar-refractivity contribution in [1.82, 2.24) is 9.97 Å². The second-order valence-electron chi connectivity index (χ2n) is 17.6. The number of benzene rings is 5. The summed E-state index contributed by atoms with van der Waals surface area (Å²) >= 11 is 0. The fourth-order valence-corrected chi connectivity index (χ4v) is 6.82. The molecule has 0 aliphatic heterocycles. The van der Waals surface area contributed by atoms with Crippen LogP contribution in [0.2, 0.25) is 0 Å². The number of rotatable bonds is 7. The van der Waals surface area contributed by atoms with Gasteiger partial charge in [-0.3, -0.25) is 4.98 Å². The topological polar surface area (TPSA) is 39.9 Å². The Morgan fingerprint density at radius 3 is 1.54 bits per heavy atom. The molecule has 2 aromatic heterocycles. The third kappa shape index (κ3) is 9.12. The third-order valence-corrected chi connectivity index (χ3v) is 10.3. The average molecular weight is 913 g/mol. The first-order valence-corrected chi connectivity index (χ1v) is 19.3. The van der Waals surface area contributed by atoms with Crippen LogP contribution in [0.15, 0.2) is 146 Å². The van der Waals surface area contributed by atoms with Crippen LogP contribution in [0, 0.1) is 6.07 Å². The van der Waals surface area contributed by atoms with Gasteiger partial charge in [-0.15, -0.1) is 46.6 Å². The van der Waals surface area contributed by atoms with Crippen LogP contribution in [-0.4, -0.2) is 9.97 Å². The third-order valence-electron chi connectivity index (χ3n) is 10.3. The van der Waals surface area contributed by atoms with Gasteiger partial charge in [-0.05, 0) is 73.9 Å². The van der Waals surface area contributed by atoms with Gasteiger partial charge in [0.05, 0.1) is 17.1 Å². The van der Waals surface area contributed by atoms with Gasteiger partial charge < -0.3 is 5.32 Å². The van der Waals surface area contributed by atoms with Gasteiger partial charge in [-0.2, -0.15) is 5.69 Å². The molecular formula is C52H51N3Pt. The first-order chi connectivity index (χ1) is 26.1. The zero-order valence-electron chi connectivity index (χ0n) is 34.0. The molecule has 0 fully saturated rings. The van der Waals surface area contributed by atoms with Gasteiger partial charge >= 0.3 is 21.1 Å². The van der Waals surface area contributed by atoms with E-state index in [1.165, 1.54) is 16.7 Å². The van der Waals surface area contributed by atoms with Gasteiger partial charge in [0, 0.05) is 6.20 Å². The molecule has 0 aliphatic carbocycles. The molecule has 3 nitrogen and oxygen atoms in total. The van der Waals surface area contributed by atoms with Crippen LogP contribution in [-0.2, 0) is 37.3 Å². The van der Waals surface area contributed by atoms with Crippen LogP contribution >= 0.6 is 0 Å². The molecule has 5 aromatic carbocycles. The molecule has 0 radical (unpaired) electrons. The van der Waals surface area contributed by atoms with Crippen molar-refractivity contribution in [2.75, 3.05) is 0 Å². The van der Waals surface area contributed by atoms with Crippen molar-refractivity contribution in [3.8, 4) is 56.0 Å². The van der Waals surface area contributed by atoms with E-state index < -0.39 is 0 Å². The van der Waals surface area contributed by atoms with Crippen LogP contribution < -0.4 is 0 Å². The average Bonchev–Trinajstić information content (AvgIpc) is 3.17. The predicted octanol–water partition coefficient (Wildman–Crippen LogP) is 14.8. The van der Waals surface area contributed by atoms with Gasteiger partial charge in [0.2, 0.25) is 0 Å². The molecular weight excluding hydrogens is 862 g/mol. The van der Waals surface area contributed by atoms with Gasteiger partial charge in [0.15, 0.2) is 0 Å². The van der Waals surface area contributed by atoms with Crippen molar-refractivity contribution in [3.05, 3.63) is 174 Å². The molecule has 7 aromatic rings. The molecule has 0 aliphatic rings. The first kappa shape index (κ1) is 40.5. The van der Waals surface area contributed by atoms with Gasteiger partial charge in [-0.25, -0.2) is 4.98 Å². The minimum atomic E-state index is -0.0827. The summed E-state index contributed by atoms with van der Waals surface area (Å²) in [5.41, 5.74) is 15.4. The summed E-state index contributed by atoms with van der Waals surface area (Å²) in [6.45, 7) is 20.3. The van der Waals surface area contributed by atoms with Crippen molar-refractivity contribution < 1.29 is 21.1 Å². The van der Waals surface area contributed by atoms with Crippen molar-refractivity contribution in [3.63, 3.8) is 0 Å². The van der Waals surface area contributed by atoms with Crippen molar-refractivity contribution in [1.29, 1.82) is 0 Å². The second-order valence-corrected chi connectivity index (χ2v) is 17.6. The van der Waals surface area contributed by atoms with E-state index in [4.69, 9.17) is 15.3 Å². The van der Waals surface area contributed by atoms with E-state index in [1.54, 1.807) is 0 Å². The number of hydrogen-bond donors (Lipinski definition) is 0. The Labute approximate surface area is 349 Å². The van der Waals surface area contributed by atoms with Crippen molar-refractivity contribution in [2.24, 2.45) is 0 Å². The number of nitrogens with zero attached hydrogens (tertiary/aromatic N) is 3. The van der Waals surface area contributed by atoms with E-state index >= 15 is 0 Å². The molecule has 0 bridgehead atoms. The Kier molecular flexibility index (Phi) is 11.7. The predicted molar refractivity (Wildman–Crippen MR) is 233 cm³/mol. The number of aromatic nitrogens is 2. The Hall–Kier alpha value is -5.11. The minimum absolute atomic E-state index is 0. The maximum absolute atomic E-state index is 5.51. The molecule has 7 rings (SSSR count). The first-order valence-electron chi connectivity index (χ1n) is 19.3. The maximum atomic E-state index is 5.51. The summed E-state index contributed by atoms with van der Waals surface area (Å²) in [5, 5.41) is 5.51. The minimum Gasteiger partial charge on any atom is -0.665 e. The van der Waals surface area contributed by atoms with Crippen LogP contribution in [0.1, 0.15) is 79.0 Å². The Morgan fingerprint density at radius 2 is 0.946 bits per heavy atom. The Balaban J connectivity index is 0.00000532. The Bertz CT molecular complexity index is 2450. The van der Waals surface area contributed by atoms with E-state index in [1.807, 2.05) is 18.3 Å². The molecule has 4 heteroatoms. The molecule has 0 saturated heterocycles. The summed E-state index contributed by atoms with van der Waals surface area (Å²) < 4.78 is 0. The summed E-state index contributed by atoms with van der Waals surface area (Å²) in [5.74, 6) is 0. The van der Waals surface area contributed by atoms with Gasteiger partial charge in [0.1, 0.15) is 0 Å². The molecule has 2 heterocycles. The van der Waals surface area contributed by atoms with Crippen LogP contribution in [0.4, 0.5) is 11.4 Å². The molecule has 0 amide bonds. The van der Waals surface area contributed by atoms with Crippen molar-refractivity contribution >= 4 is 11.4 Å². The van der Waals surface area contributed by atoms with Gasteiger partial charge in [0.25, 0.3) is 0 Å². The van der Waals surface area contributed by atoms with E-state index in [2.05, 4.69) is 196 Å². The fourth-order valence-electron chi connectivity index (χ4n) is 6.82. The van der Waals surface area contributed by atoms with E-state index in [0.717, 1.165) is 67.4 Å². The molecule has 0 N–H and O–H groups in total. The standard InChI is InChI=1S/C52H51N3.Pt/c1-50(2,3)40-22-16-21-38(29-40)43-33-41(51(4,5)6)23-25-45(43)54-46-26-24-42(52(7,8)9)34-44(46)47-31-39(36-19-14-11-15-20-36)32-49(55-47)48-30-37(27-28-53-48)35-17-12-10-13-18-35;/h10-20,22-34H,1-9H3;/q-2;+2. The second kappa shape index (κ2) is 16.2. The molecule has 284 valence electrons. The zero-order chi connectivity index (χ0) is 39.0. The normalized spacial score (nSPS) is 11.9. The van der Waals surface area contributed by atoms with Crippen molar-refractivity contribution in [2.45, 2.75) is 78.6 Å². The molecule has 56 heavy (non-hydrogen) atoms. The molecule has 0 saturated carbocycles. The van der Waals surface area contributed by atoms with E-state index in [9.17, 15) is 0 Å². The summed E-state index contributed by atoms with van der Waals surface area (Å²) in [6.07, 6.45) is 1.88. The monoisotopic (exact) mass is 912 g/mol. The Morgan fingerprint density at radius 1 is 0.446 bits per heavy atom. The number of hydrogen-bond acceptors (Lipinski definition) is 2. The summed E-state index contributed by atoms with van der Waals surface area (Å²) in [7, 11) is 0. The SMILES string of the molecule is CC(C)(C)c1cc[c-]c(-c2cc(C(C)(C)C)ccc2[N-]c2ccc(C(C)(C)C)cc2-c2cc(-c3ccccc3)cc(-c3cc(-c4ccccc4)ccn3)n2)c1.[Pt+2]. The summed E-state index contributed by atoms with van der Waals surface area (Å²) in [4.78, 5) is 10.3. The quantitative estimate of drug-likeness (QED) is 0.150. The van der Waals surface area contributed by atoms with E-state index in [-0.39, 0.29) is 37.3 Å². The van der Waals surface area contributed by atoms with Crippen LogP contribution in [0.3, 0.4) is 0 Å². The maximum Gasteiger partial charge on any atom is 2.00 e. The van der Waals surface area contributed by atoms with Gasteiger partial charge in [-0.1, -0.05) is 165 Å². The smallest absolute Gasteiger partial charge is 0.665 e. The summed E-state index contributed by atoms with van der Waals surface area (Å²) in [6, 6.07) is 52.9. The van der Waals surface area contributed by atoms with Crippen LogP contribution in [0.25, 0.3) is 61.3 Å². The van der Waals surface area contributed by atoms with Crippen LogP contribution in [0.5, 0.6) is 0 Å². The molecule has 0 atom stereocenters. The fraction of sp³-hybridized carbons (Fsp3) is 0.231. The molecule has 0 unspecified atom stereocenters. The largest absolute Gasteiger partial charge is 2.00 e. The van der Waals surface area contributed by atoms with E-state index in [0.29, 0.717) is 0 Å². The zero-order valence-corrected chi connectivity index (χ0v) is 36.3. The number of pyridine rings is 2. The molecule has 0 spiro atoms.